The quantitative estimate of drug-likeness (QED) is 0.601. The SMILES string of the molecule is O=C(NCCCCCCO)c1n[nH]c(C2CC2)n1. The molecule has 6 nitrogen and oxygen atoms in total. The van der Waals surface area contributed by atoms with Gasteiger partial charge < -0.3 is 10.4 Å². The topological polar surface area (TPSA) is 90.9 Å². The number of aliphatic hydroxyl groups excluding tert-OH is 1. The van der Waals surface area contributed by atoms with Crippen LogP contribution < -0.4 is 5.32 Å². The van der Waals surface area contributed by atoms with Crippen molar-refractivity contribution in [2.75, 3.05) is 13.2 Å². The fourth-order valence-electron chi connectivity index (χ4n) is 1.79. The van der Waals surface area contributed by atoms with Gasteiger partial charge in [-0.15, -0.1) is 5.10 Å². The number of H-pyrrole nitrogens is 1. The van der Waals surface area contributed by atoms with Crippen LogP contribution in [0, 0.1) is 0 Å². The predicted octanol–water partition coefficient (Wildman–Crippen LogP) is 0.965. The van der Waals surface area contributed by atoms with Crippen molar-refractivity contribution < 1.29 is 9.90 Å². The van der Waals surface area contributed by atoms with E-state index in [1.807, 2.05) is 0 Å². The molecule has 1 fully saturated rings. The molecule has 1 heterocycles. The highest BCUT2D eigenvalue weighted by atomic mass is 16.2. The Morgan fingerprint density at radius 3 is 2.83 bits per heavy atom. The molecule has 1 aliphatic rings. The largest absolute Gasteiger partial charge is 0.396 e. The summed E-state index contributed by atoms with van der Waals surface area (Å²) in [5.41, 5.74) is 0. The van der Waals surface area contributed by atoms with E-state index in [4.69, 9.17) is 5.11 Å². The maximum Gasteiger partial charge on any atom is 0.290 e. The van der Waals surface area contributed by atoms with Crippen LogP contribution in [0.2, 0.25) is 0 Å². The molecule has 1 amide bonds. The van der Waals surface area contributed by atoms with Gasteiger partial charge in [-0.25, -0.2) is 4.98 Å². The highest BCUT2D eigenvalue weighted by Crippen LogP contribution is 2.37. The Balaban J connectivity index is 1.64. The summed E-state index contributed by atoms with van der Waals surface area (Å²) < 4.78 is 0. The molecular weight excluding hydrogens is 232 g/mol. The third-order valence-electron chi connectivity index (χ3n) is 3.04. The summed E-state index contributed by atoms with van der Waals surface area (Å²) in [6.45, 7) is 0.880. The number of nitrogens with zero attached hydrogens (tertiary/aromatic N) is 2. The van der Waals surface area contributed by atoms with Gasteiger partial charge in [-0.1, -0.05) is 12.8 Å². The molecule has 0 atom stereocenters. The van der Waals surface area contributed by atoms with Crippen LogP contribution in [0.1, 0.15) is 60.9 Å². The van der Waals surface area contributed by atoms with Gasteiger partial charge in [0.1, 0.15) is 5.82 Å². The van der Waals surface area contributed by atoms with Crippen molar-refractivity contribution >= 4 is 5.91 Å². The number of amides is 1. The van der Waals surface area contributed by atoms with E-state index < -0.39 is 0 Å². The number of aromatic amines is 1. The minimum atomic E-state index is -0.208. The number of aliphatic hydroxyl groups is 1. The number of hydrogen-bond donors (Lipinski definition) is 3. The monoisotopic (exact) mass is 252 g/mol. The molecular formula is C12H20N4O2. The number of aromatic nitrogens is 3. The number of carbonyl (C=O) groups is 1. The lowest BCUT2D eigenvalue weighted by molar-refractivity contribution is 0.0942. The van der Waals surface area contributed by atoms with E-state index in [0.717, 1.165) is 44.3 Å². The van der Waals surface area contributed by atoms with Crippen molar-refractivity contribution in [3.05, 3.63) is 11.6 Å². The molecule has 0 aliphatic heterocycles. The van der Waals surface area contributed by atoms with E-state index in [9.17, 15) is 4.79 Å². The molecule has 2 rings (SSSR count). The predicted molar refractivity (Wildman–Crippen MR) is 66.2 cm³/mol. The van der Waals surface area contributed by atoms with E-state index in [-0.39, 0.29) is 18.3 Å². The number of nitrogens with one attached hydrogen (secondary N) is 2. The summed E-state index contributed by atoms with van der Waals surface area (Å²) in [7, 11) is 0. The van der Waals surface area contributed by atoms with Crippen molar-refractivity contribution in [2.45, 2.75) is 44.4 Å². The average molecular weight is 252 g/mol. The molecule has 1 aromatic heterocycles. The van der Waals surface area contributed by atoms with Crippen LogP contribution >= 0.6 is 0 Å². The molecule has 1 saturated carbocycles. The van der Waals surface area contributed by atoms with Gasteiger partial charge in [0.15, 0.2) is 0 Å². The first kappa shape index (κ1) is 13.0. The first-order valence-electron chi connectivity index (χ1n) is 6.62. The molecule has 0 spiro atoms. The Morgan fingerprint density at radius 2 is 2.11 bits per heavy atom. The minimum Gasteiger partial charge on any atom is -0.396 e. The molecule has 0 aromatic carbocycles. The van der Waals surface area contributed by atoms with Gasteiger partial charge in [0.25, 0.3) is 5.91 Å². The first-order chi connectivity index (χ1) is 8.81. The second-order valence-corrected chi connectivity index (χ2v) is 4.71. The highest BCUT2D eigenvalue weighted by molar-refractivity contribution is 5.90. The summed E-state index contributed by atoms with van der Waals surface area (Å²) in [5.74, 6) is 1.35. The molecule has 6 heteroatoms. The van der Waals surface area contributed by atoms with Crippen molar-refractivity contribution in [3.63, 3.8) is 0 Å². The zero-order valence-electron chi connectivity index (χ0n) is 10.5. The number of carbonyl (C=O) groups excluding carboxylic acids is 1. The summed E-state index contributed by atoms with van der Waals surface area (Å²) >= 11 is 0. The lowest BCUT2D eigenvalue weighted by Crippen LogP contribution is -2.25. The molecule has 0 bridgehead atoms. The minimum absolute atomic E-state index is 0.208. The van der Waals surface area contributed by atoms with Crippen LogP contribution in [0.25, 0.3) is 0 Å². The van der Waals surface area contributed by atoms with Gasteiger partial charge >= 0.3 is 0 Å². The second kappa shape index (κ2) is 6.49. The number of unbranched alkanes of at least 4 members (excludes halogenated alkanes) is 3. The summed E-state index contributed by atoms with van der Waals surface area (Å²) in [5, 5.41) is 18.2. The van der Waals surface area contributed by atoms with Gasteiger partial charge in [-0.2, -0.15) is 0 Å². The van der Waals surface area contributed by atoms with E-state index in [1.54, 1.807) is 0 Å². The fourth-order valence-corrected chi connectivity index (χ4v) is 1.79. The number of hydrogen-bond acceptors (Lipinski definition) is 4. The molecule has 3 N–H and O–H groups in total. The van der Waals surface area contributed by atoms with Crippen LogP contribution in [0.5, 0.6) is 0 Å². The smallest absolute Gasteiger partial charge is 0.290 e. The van der Waals surface area contributed by atoms with Crippen molar-refractivity contribution in [2.24, 2.45) is 0 Å². The van der Waals surface area contributed by atoms with E-state index in [1.165, 1.54) is 0 Å². The second-order valence-electron chi connectivity index (χ2n) is 4.71. The van der Waals surface area contributed by atoms with Crippen molar-refractivity contribution in [1.29, 1.82) is 0 Å². The Morgan fingerprint density at radius 1 is 1.33 bits per heavy atom. The van der Waals surface area contributed by atoms with Crippen molar-refractivity contribution in [1.82, 2.24) is 20.5 Å². The van der Waals surface area contributed by atoms with Gasteiger partial charge in [0, 0.05) is 19.1 Å². The third kappa shape index (κ3) is 3.80. The van der Waals surface area contributed by atoms with E-state index in [2.05, 4.69) is 20.5 Å². The Labute approximate surface area is 106 Å². The highest BCUT2D eigenvalue weighted by Gasteiger charge is 2.28. The van der Waals surface area contributed by atoms with Crippen LogP contribution in [0.4, 0.5) is 0 Å². The van der Waals surface area contributed by atoms with Crippen LogP contribution in [0.15, 0.2) is 0 Å². The van der Waals surface area contributed by atoms with Gasteiger partial charge in [0.2, 0.25) is 5.82 Å². The normalized spacial score (nSPS) is 14.7. The fraction of sp³-hybridized carbons (Fsp3) is 0.750. The van der Waals surface area contributed by atoms with Crippen LogP contribution in [-0.2, 0) is 0 Å². The Kier molecular flexibility index (Phi) is 4.69. The third-order valence-corrected chi connectivity index (χ3v) is 3.04. The average Bonchev–Trinajstić information content (AvgIpc) is 3.11. The van der Waals surface area contributed by atoms with Crippen LogP contribution in [-0.4, -0.2) is 39.3 Å². The van der Waals surface area contributed by atoms with E-state index >= 15 is 0 Å². The molecule has 0 saturated heterocycles. The summed E-state index contributed by atoms with van der Waals surface area (Å²) in [4.78, 5) is 15.9. The lowest BCUT2D eigenvalue weighted by atomic mass is 10.2. The number of rotatable bonds is 8. The zero-order chi connectivity index (χ0) is 12.8. The summed E-state index contributed by atoms with van der Waals surface area (Å²) in [6.07, 6.45) is 6.05. The van der Waals surface area contributed by atoms with Gasteiger partial charge in [-0.05, 0) is 25.7 Å². The van der Waals surface area contributed by atoms with Crippen LogP contribution in [0.3, 0.4) is 0 Å². The molecule has 0 unspecified atom stereocenters. The van der Waals surface area contributed by atoms with Gasteiger partial charge in [0.05, 0.1) is 0 Å². The molecule has 18 heavy (non-hydrogen) atoms. The molecule has 100 valence electrons. The standard InChI is InChI=1S/C12H20N4O2/c17-8-4-2-1-3-7-13-12(18)11-14-10(15-16-11)9-5-6-9/h9,17H,1-8H2,(H,13,18)(H,14,15,16). The zero-order valence-corrected chi connectivity index (χ0v) is 10.5. The van der Waals surface area contributed by atoms with Crippen molar-refractivity contribution in [3.8, 4) is 0 Å². The Hall–Kier alpha value is -1.43. The first-order valence-corrected chi connectivity index (χ1v) is 6.62. The van der Waals surface area contributed by atoms with E-state index in [0.29, 0.717) is 12.5 Å². The maximum atomic E-state index is 11.7. The molecule has 0 radical (unpaired) electrons. The summed E-state index contributed by atoms with van der Waals surface area (Å²) in [6, 6.07) is 0. The molecule has 1 aromatic rings. The maximum absolute atomic E-state index is 11.7. The Bertz CT molecular complexity index is 387. The van der Waals surface area contributed by atoms with Gasteiger partial charge in [-0.3, -0.25) is 9.89 Å². The molecule has 1 aliphatic carbocycles. The lowest BCUT2D eigenvalue weighted by Gasteiger charge is -2.01.